The SMILES string of the molecule is Cc1ccc2[nH]c(=O)c(-c3nc4cc(C)ccn4c3NCc3ccc4c(c3)OCO4)cc2c1. The number of imidazole rings is 1. The van der Waals surface area contributed by atoms with Crippen LogP contribution in [0, 0.1) is 13.8 Å². The monoisotopic (exact) mass is 438 g/mol. The van der Waals surface area contributed by atoms with Crippen LogP contribution in [0.2, 0.25) is 0 Å². The second kappa shape index (κ2) is 7.41. The molecular formula is C26H22N4O3. The van der Waals surface area contributed by atoms with Gasteiger partial charge in [-0.25, -0.2) is 4.98 Å². The standard InChI is InChI=1S/C26H22N4O3/c1-15-3-5-20-18(9-15)12-19(26(31)28-20)24-25(30-8-7-16(2)10-23(30)29-24)27-13-17-4-6-21-22(11-17)33-14-32-21/h3-12,27H,13-14H2,1-2H3,(H,28,31). The molecule has 0 saturated heterocycles. The number of nitrogens with one attached hydrogen (secondary N) is 2. The van der Waals surface area contributed by atoms with Crippen molar-refractivity contribution < 1.29 is 9.47 Å². The van der Waals surface area contributed by atoms with E-state index in [2.05, 4.69) is 16.4 Å². The van der Waals surface area contributed by atoms with Gasteiger partial charge in [-0.1, -0.05) is 17.7 Å². The molecule has 5 aromatic rings. The van der Waals surface area contributed by atoms with Gasteiger partial charge in [0.2, 0.25) is 6.79 Å². The molecule has 6 rings (SSSR count). The number of rotatable bonds is 4. The van der Waals surface area contributed by atoms with Crippen LogP contribution in [0.1, 0.15) is 16.7 Å². The molecule has 0 fully saturated rings. The van der Waals surface area contributed by atoms with Crippen molar-refractivity contribution in [3.05, 3.63) is 87.8 Å². The summed E-state index contributed by atoms with van der Waals surface area (Å²) in [7, 11) is 0. The Morgan fingerprint density at radius 2 is 1.85 bits per heavy atom. The fraction of sp³-hybridized carbons (Fsp3) is 0.154. The normalized spacial score (nSPS) is 12.5. The average molecular weight is 438 g/mol. The van der Waals surface area contributed by atoms with Crippen LogP contribution in [0.15, 0.2) is 65.6 Å². The maximum Gasteiger partial charge on any atom is 0.258 e. The van der Waals surface area contributed by atoms with Gasteiger partial charge in [-0.2, -0.15) is 0 Å². The second-order valence-corrected chi connectivity index (χ2v) is 8.39. The van der Waals surface area contributed by atoms with Gasteiger partial charge in [0.15, 0.2) is 11.5 Å². The number of benzene rings is 2. The minimum Gasteiger partial charge on any atom is -0.454 e. The molecule has 0 atom stereocenters. The predicted molar refractivity (Wildman–Crippen MR) is 128 cm³/mol. The lowest BCUT2D eigenvalue weighted by molar-refractivity contribution is 0.174. The molecule has 0 unspecified atom stereocenters. The van der Waals surface area contributed by atoms with Crippen molar-refractivity contribution in [3.8, 4) is 22.8 Å². The summed E-state index contributed by atoms with van der Waals surface area (Å²) in [6.45, 7) is 4.85. The lowest BCUT2D eigenvalue weighted by Gasteiger charge is -2.10. The number of pyridine rings is 2. The summed E-state index contributed by atoms with van der Waals surface area (Å²) in [6, 6.07) is 17.8. The van der Waals surface area contributed by atoms with Gasteiger partial charge in [0.05, 0.1) is 5.56 Å². The molecule has 0 aliphatic carbocycles. The van der Waals surface area contributed by atoms with E-state index in [1.807, 2.05) is 73.0 Å². The molecule has 7 nitrogen and oxygen atoms in total. The van der Waals surface area contributed by atoms with Crippen LogP contribution in [-0.2, 0) is 6.54 Å². The Morgan fingerprint density at radius 1 is 1.00 bits per heavy atom. The Kier molecular flexibility index (Phi) is 4.36. The summed E-state index contributed by atoms with van der Waals surface area (Å²) in [5, 5.41) is 4.47. The third-order valence-electron chi connectivity index (χ3n) is 5.93. The Morgan fingerprint density at radius 3 is 2.76 bits per heavy atom. The Labute approximate surface area is 189 Å². The highest BCUT2D eigenvalue weighted by molar-refractivity contribution is 5.86. The minimum absolute atomic E-state index is 0.169. The van der Waals surface area contributed by atoms with E-state index in [1.54, 1.807) is 0 Å². The van der Waals surface area contributed by atoms with Gasteiger partial charge in [-0.15, -0.1) is 0 Å². The van der Waals surface area contributed by atoms with Crippen LogP contribution in [0.3, 0.4) is 0 Å². The Hall–Kier alpha value is -4.26. The van der Waals surface area contributed by atoms with E-state index in [1.165, 1.54) is 0 Å². The first-order valence-corrected chi connectivity index (χ1v) is 10.8. The van der Waals surface area contributed by atoms with Crippen molar-refractivity contribution in [1.29, 1.82) is 0 Å². The summed E-state index contributed by atoms with van der Waals surface area (Å²) in [4.78, 5) is 20.9. The number of aromatic nitrogens is 3. The summed E-state index contributed by atoms with van der Waals surface area (Å²) in [5.41, 5.74) is 5.84. The van der Waals surface area contributed by atoms with Gasteiger partial charge in [0.25, 0.3) is 5.56 Å². The molecular weight excluding hydrogens is 416 g/mol. The Bertz CT molecular complexity index is 1600. The Balaban J connectivity index is 1.47. The number of ether oxygens (including phenoxy) is 2. The third kappa shape index (κ3) is 3.38. The number of aryl methyl sites for hydroxylation is 2. The zero-order valence-electron chi connectivity index (χ0n) is 18.3. The van der Waals surface area contributed by atoms with Crippen molar-refractivity contribution in [2.45, 2.75) is 20.4 Å². The van der Waals surface area contributed by atoms with E-state index in [9.17, 15) is 4.79 Å². The van der Waals surface area contributed by atoms with Gasteiger partial charge < -0.3 is 19.8 Å². The highest BCUT2D eigenvalue weighted by atomic mass is 16.7. The van der Waals surface area contributed by atoms with Crippen LogP contribution in [-0.4, -0.2) is 21.2 Å². The van der Waals surface area contributed by atoms with E-state index in [0.717, 1.165) is 50.6 Å². The van der Waals surface area contributed by atoms with Gasteiger partial charge in [-0.3, -0.25) is 9.20 Å². The largest absolute Gasteiger partial charge is 0.454 e. The number of aromatic amines is 1. The molecule has 164 valence electrons. The summed E-state index contributed by atoms with van der Waals surface area (Å²) >= 11 is 0. The zero-order valence-corrected chi connectivity index (χ0v) is 18.3. The van der Waals surface area contributed by atoms with Crippen molar-refractivity contribution in [1.82, 2.24) is 14.4 Å². The predicted octanol–water partition coefficient (Wildman–Crippen LogP) is 4.80. The van der Waals surface area contributed by atoms with Crippen molar-refractivity contribution in [2.75, 3.05) is 12.1 Å². The van der Waals surface area contributed by atoms with E-state index < -0.39 is 0 Å². The highest BCUT2D eigenvalue weighted by Gasteiger charge is 2.19. The zero-order chi connectivity index (χ0) is 22.5. The quantitative estimate of drug-likeness (QED) is 0.421. The van der Waals surface area contributed by atoms with Gasteiger partial charge in [0.1, 0.15) is 17.2 Å². The number of hydrogen-bond acceptors (Lipinski definition) is 5. The number of anilines is 1. The molecule has 0 radical (unpaired) electrons. The molecule has 2 aromatic carbocycles. The molecule has 33 heavy (non-hydrogen) atoms. The molecule has 0 amide bonds. The van der Waals surface area contributed by atoms with Crippen molar-refractivity contribution in [2.24, 2.45) is 0 Å². The van der Waals surface area contributed by atoms with Crippen LogP contribution < -0.4 is 20.3 Å². The first-order valence-electron chi connectivity index (χ1n) is 10.8. The lowest BCUT2D eigenvalue weighted by atomic mass is 10.1. The maximum atomic E-state index is 13.1. The van der Waals surface area contributed by atoms with E-state index in [4.69, 9.17) is 14.5 Å². The first kappa shape index (κ1) is 19.4. The van der Waals surface area contributed by atoms with E-state index in [0.29, 0.717) is 17.8 Å². The number of nitrogens with zero attached hydrogens (tertiary/aromatic N) is 2. The van der Waals surface area contributed by atoms with Crippen LogP contribution in [0.5, 0.6) is 11.5 Å². The molecule has 1 aliphatic heterocycles. The summed E-state index contributed by atoms with van der Waals surface area (Å²) < 4.78 is 12.9. The highest BCUT2D eigenvalue weighted by Crippen LogP contribution is 2.33. The van der Waals surface area contributed by atoms with Gasteiger partial charge >= 0.3 is 0 Å². The number of hydrogen-bond donors (Lipinski definition) is 2. The topological polar surface area (TPSA) is 80.7 Å². The summed E-state index contributed by atoms with van der Waals surface area (Å²) in [6.07, 6.45) is 1.97. The molecule has 0 bridgehead atoms. The fourth-order valence-corrected chi connectivity index (χ4v) is 4.24. The molecule has 2 N–H and O–H groups in total. The van der Waals surface area contributed by atoms with E-state index in [-0.39, 0.29) is 12.4 Å². The van der Waals surface area contributed by atoms with Crippen molar-refractivity contribution >= 4 is 22.4 Å². The third-order valence-corrected chi connectivity index (χ3v) is 5.93. The average Bonchev–Trinajstić information content (AvgIpc) is 3.41. The second-order valence-electron chi connectivity index (χ2n) is 8.39. The first-order chi connectivity index (χ1) is 16.0. The molecule has 7 heteroatoms. The molecule has 0 spiro atoms. The molecule has 4 heterocycles. The van der Waals surface area contributed by atoms with Gasteiger partial charge in [0, 0.05) is 18.3 Å². The lowest BCUT2D eigenvalue weighted by Crippen LogP contribution is -2.11. The van der Waals surface area contributed by atoms with Crippen LogP contribution >= 0.6 is 0 Å². The van der Waals surface area contributed by atoms with E-state index >= 15 is 0 Å². The minimum atomic E-state index is -0.169. The number of fused-ring (bicyclic) bond motifs is 3. The van der Waals surface area contributed by atoms with Crippen LogP contribution in [0.25, 0.3) is 27.8 Å². The van der Waals surface area contributed by atoms with Crippen LogP contribution in [0.4, 0.5) is 5.82 Å². The number of H-pyrrole nitrogens is 1. The maximum absolute atomic E-state index is 13.1. The summed E-state index contributed by atoms with van der Waals surface area (Å²) in [5.74, 6) is 2.26. The van der Waals surface area contributed by atoms with Crippen molar-refractivity contribution in [3.63, 3.8) is 0 Å². The fourth-order valence-electron chi connectivity index (χ4n) is 4.24. The molecule has 0 saturated carbocycles. The van der Waals surface area contributed by atoms with Gasteiger partial charge in [-0.05, 0) is 72.8 Å². The smallest absolute Gasteiger partial charge is 0.258 e. The molecule has 1 aliphatic rings. The molecule has 3 aromatic heterocycles.